The summed E-state index contributed by atoms with van der Waals surface area (Å²) in [4.78, 5) is 24.6. The van der Waals surface area contributed by atoms with E-state index in [1.165, 1.54) is 327 Å². The molecule has 0 aromatic carbocycles. The zero-order valence-corrected chi connectivity index (χ0v) is 52.2. The van der Waals surface area contributed by atoms with E-state index in [4.69, 9.17) is 4.74 Å². The average molecular weight is 1080 g/mol. The number of carbonyl (C=O) groups excluding carboxylic acids is 2. The highest BCUT2D eigenvalue weighted by Crippen LogP contribution is 2.18. The lowest BCUT2D eigenvalue weighted by Gasteiger charge is -2.20. The first-order valence-electron chi connectivity index (χ1n) is 35.1. The Bertz CT molecular complexity index is 1200. The molecule has 0 fully saturated rings. The Morgan fingerprint density at radius 2 is 0.610 bits per heavy atom. The van der Waals surface area contributed by atoms with Crippen molar-refractivity contribution >= 4 is 11.9 Å². The third-order valence-electron chi connectivity index (χ3n) is 16.5. The topological polar surface area (TPSA) is 95.9 Å². The molecule has 0 spiro atoms. The van der Waals surface area contributed by atoms with E-state index in [9.17, 15) is 19.8 Å². The lowest BCUT2D eigenvalue weighted by atomic mass is 10.0. The number of aliphatic hydroxyl groups excluding tert-OH is 2. The van der Waals surface area contributed by atoms with Gasteiger partial charge < -0.3 is 20.3 Å². The first-order chi connectivity index (χ1) is 38.0. The van der Waals surface area contributed by atoms with Crippen LogP contribution in [-0.4, -0.2) is 47.4 Å². The van der Waals surface area contributed by atoms with Crippen LogP contribution < -0.4 is 5.32 Å². The van der Waals surface area contributed by atoms with Gasteiger partial charge in [-0.05, 0) is 57.8 Å². The number of unbranched alkanes of at least 4 members (excludes halogenated alkanes) is 53. The molecular weight excluding hydrogens is 947 g/mol. The number of nitrogens with one attached hydrogen (secondary N) is 1. The molecule has 1 amide bonds. The zero-order valence-electron chi connectivity index (χ0n) is 52.2. The maximum Gasteiger partial charge on any atom is 0.305 e. The average Bonchev–Trinajstić information content (AvgIpc) is 3.43. The molecule has 6 nitrogen and oxygen atoms in total. The third kappa shape index (κ3) is 63.4. The molecule has 6 heteroatoms. The van der Waals surface area contributed by atoms with E-state index in [1.807, 2.05) is 6.08 Å². The van der Waals surface area contributed by atoms with Gasteiger partial charge in [0.15, 0.2) is 0 Å². The number of carbonyl (C=O) groups is 2. The minimum atomic E-state index is -0.842. The number of esters is 1. The fraction of sp³-hybridized carbons (Fsp3) is 0.915. The number of rotatable bonds is 66. The van der Waals surface area contributed by atoms with E-state index in [0.29, 0.717) is 19.4 Å². The van der Waals surface area contributed by atoms with Gasteiger partial charge >= 0.3 is 5.97 Å². The predicted octanol–water partition coefficient (Wildman–Crippen LogP) is 22.5. The summed E-state index contributed by atoms with van der Waals surface area (Å²) in [5.41, 5.74) is 0. The van der Waals surface area contributed by atoms with Gasteiger partial charge in [0.05, 0.1) is 25.4 Å². The van der Waals surface area contributed by atoms with Crippen molar-refractivity contribution in [2.45, 2.75) is 405 Å². The smallest absolute Gasteiger partial charge is 0.305 e. The van der Waals surface area contributed by atoms with Crippen LogP contribution >= 0.6 is 0 Å². The van der Waals surface area contributed by atoms with Crippen LogP contribution in [0.3, 0.4) is 0 Å². The molecule has 0 heterocycles. The second-order valence-corrected chi connectivity index (χ2v) is 24.2. The Kier molecular flexibility index (Phi) is 65.4. The summed E-state index contributed by atoms with van der Waals surface area (Å²) in [6.07, 6.45) is 84.0. The number of allylic oxidation sites excluding steroid dienone is 3. The van der Waals surface area contributed by atoms with Gasteiger partial charge in [-0.3, -0.25) is 9.59 Å². The summed E-state index contributed by atoms with van der Waals surface area (Å²) >= 11 is 0. The highest BCUT2D eigenvalue weighted by molar-refractivity contribution is 5.76. The van der Waals surface area contributed by atoms with Crippen molar-refractivity contribution in [1.29, 1.82) is 0 Å². The minimum Gasteiger partial charge on any atom is -0.466 e. The highest BCUT2D eigenvalue weighted by atomic mass is 16.5. The van der Waals surface area contributed by atoms with Crippen molar-refractivity contribution in [2.75, 3.05) is 13.2 Å². The Balaban J connectivity index is 3.36. The van der Waals surface area contributed by atoms with E-state index in [0.717, 1.165) is 38.5 Å². The second-order valence-electron chi connectivity index (χ2n) is 24.2. The fourth-order valence-electron chi connectivity index (χ4n) is 11.1. The summed E-state index contributed by atoms with van der Waals surface area (Å²) in [7, 11) is 0. The molecule has 456 valence electrons. The molecule has 0 aromatic rings. The van der Waals surface area contributed by atoms with Crippen molar-refractivity contribution in [2.24, 2.45) is 0 Å². The molecule has 2 unspecified atom stereocenters. The van der Waals surface area contributed by atoms with Crippen LogP contribution in [0.5, 0.6) is 0 Å². The fourth-order valence-corrected chi connectivity index (χ4v) is 11.1. The van der Waals surface area contributed by atoms with Crippen molar-refractivity contribution in [1.82, 2.24) is 5.32 Å². The maximum atomic E-state index is 12.5. The normalized spacial score (nSPS) is 12.6. The Hall–Kier alpha value is -1.66. The molecular formula is C71H137NO5. The number of hydrogen-bond donors (Lipinski definition) is 3. The molecule has 0 saturated carbocycles. The van der Waals surface area contributed by atoms with Crippen molar-refractivity contribution in [3.63, 3.8) is 0 Å². The number of amides is 1. The molecule has 0 saturated heterocycles. The maximum absolute atomic E-state index is 12.5. The molecule has 0 rings (SSSR count). The molecule has 0 aliphatic carbocycles. The summed E-state index contributed by atoms with van der Waals surface area (Å²) in [5, 5.41) is 23.1. The Labute approximate surface area is 481 Å². The van der Waals surface area contributed by atoms with Gasteiger partial charge in [-0.25, -0.2) is 0 Å². The van der Waals surface area contributed by atoms with Crippen LogP contribution in [0, 0.1) is 0 Å². The Morgan fingerprint density at radius 3 is 0.922 bits per heavy atom. The van der Waals surface area contributed by atoms with Gasteiger partial charge in [0, 0.05) is 12.8 Å². The molecule has 3 N–H and O–H groups in total. The van der Waals surface area contributed by atoms with Crippen LogP contribution in [0.4, 0.5) is 0 Å². The van der Waals surface area contributed by atoms with Crippen LogP contribution in [0.25, 0.3) is 0 Å². The minimum absolute atomic E-state index is 0.0209. The van der Waals surface area contributed by atoms with Gasteiger partial charge in [0.25, 0.3) is 0 Å². The van der Waals surface area contributed by atoms with Crippen molar-refractivity contribution in [3.8, 4) is 0 Å². The number of aliphatic hydroxyl groups is 2. The summed E-state index contributed by atoms with van der Waals surface area (Å²) in [6, 6.07) is -0.626. The van der Waals surface area contributed by atoms with E-state index in [2.05, 4.69) is 31.3 Å². The van der Waals surface area contributed by atoms with Crippen LogP contribution in [-0.2, 0) is 14.3 Å². The van der Waals surface area contributed by atoms with E-state index < -0.39 is 12.1 Å². The second kappa shape index (κ2) is 66.8. The van der Waals surface area contributed by atoms with Gasteiger partial charge in [-0.15, -0.1) is 0 Å². The first-order valence-corrected chi connectivity index (χ1v) is 35.1. The highest BCUT2D eigenvalue weighted by Gasteiger charge is 2.18. The molecule has 0 bridgehead atoms. The lowest BCUT2D eigenvalue weighted by Crippen LogP contribution is -2.45. The first kappa shape index (κ1) is 75.3. The largest absolute Gasteiger partial charge is 0.466 e. The van der Waals surface area contributed by atoms with Crippen LogP contribution in [0.2, 0.25) is 0 Å². The molecule has 0 aromatic heterocycles. The van der Waals surface area contributed by atoms with Gasteiger partial charge in [-0.2, -0.15) is 0 Å². The van der Waals surface area contributed by atoms with Crippen molar-refractivity contribution < 1.29 is 24.5 Å². The molecule has 0 aliphatic rings. The van der Waals surface area contributed by atoms with E-state index in [-0.39, 0.29) is 18.5 Å². The van der Waals surface area contributed by atoms with Crippen LogP contribution in [0.15, 0.2) is 24.3 Å². The van der Waals surface area contributed by atoms with Gasteiger partial charge in [0.1, 0.15) is 0 Å². The summed E-state index contributed by atoms with van der Waals surface area (Å²) < 4.78 is 5.50. The van der Waals surface area contributed by atoms with Gasteiger partial charge in [-0.1, -0.05) is 346 Å². The van der Waals surface area contributed by atoms with Gasteiger partial charge in [0.2, 0.25) is 5.91 Å². The molecule has 2 atom stereocenters. The Morgan fingerprint density at radius 1 is 0.351 bits per heavy atom. The number of ether oxygens (including phenoxy) is 1. The lowest BCUT2D eigenvalue weighted by molar-refractivity contribution is -0.143. The predicted molar refractivity (Wildman–Crippen MR) is 338 cm³/mol. The molecule has 77 heavy (non-hydrogen) atoms. The van der Waals surface area contributed by atoms with E-state index >= 15 is 0 Å². The standard InChI is InChI=1S/C71H137NO5/c1-3-5-7-9-11-13-15-17-19-37-41-45-49-53-57-61-65-71(76)77-66-62-58-54-50-46-42-38-35-33-31-29-27-25-23-21-20-22-24-26-28-30-32-34-36-40-44-48-52-56-60-64-70(75)72-68(67-73)69(74)63-59-55-51-47-43-39-18-16-14-12-10-8-6-4-2/h21,23,59,63,68-69,73-74H,3-20,22,24-58,60-62,64-67H2,1-2H3,(H,72,75)/b23-21-,63-59+. The molecule has 0 radical (unpaired) electrons. The zero-order chi connectivity index (χ0) is 55.7. The summed E-state index contributed by atoms with van der Waals surface area (Å²) in [6.45, 7) is 4.94. The number of hydrogen-bond acceptors (Lipinski definition) is 5. The van der Waals surface area contributed by atoms with E-state index in [1.54, 1.807) is 6.08 Å². The monoisotopic (exact) mass is 1080 g/mol. The SMILES string of the molecule is CCCCCCCCCCCCCC/C=C/C(O)C(CO)NC(=O)CCCCCCCCCCCCCCCC/C=C\CCCCCCCCCCCCCCOC(=O)CCCCCCCCCCCCCCCCCC. The quantitative estimate of drug-likeness (QED) is 0.0320. The van der Waals surface area contributed by atoms with Crippen LogP contribution in [0.1, 0.15) is 393 Å². The van der Waals surface area contributed by atoms with Crippen molar-refractivity contribution in [3.05, 3.63) is 24.3 Å². The third-order valence-corrected chi connectivity index (χ3v) is 16.5. The summed E-state index contributed by atoms with van der Waals surface area (Å²) in [5.74, 6) is -0.0436. The molecule has 0 aliphatic heterocycles.